The molecule has 0 fully saturated rings. The van der Waals surface area contributed by atoms with E-state index in [1.165, 1.54) is 11.1 Å². The van der Waals surface area contributed by atoms with E-state index in [1.807, 2.05) is 60.7 Å². The van der Waals surface area contributed by atoms with Gasteiger partial charge in [-0.3, -0.25) is 0 Å². The summed E-state index contributed by atoms with van der Waals surface area (Å²) in [5, 5.41) is 1.70. The van der Waals surface area contributed by atoms with Crippen molar-refractivity contribution in [2.45, 2.75) is 209 Å². The second-order valence-electron chi connectivity index (χ2n) is 32.7. The Balaban J connectivity index is 1.07. The standard InChI is InChI=1S/C80H101O7P3/c1-73(2,3)57-33-45-69(65(49-57)77(13,14)15)84-88(85-70-46-34-58(74(4,5)6)50-66(70)78(16,17)18)61-37-25-53(26-38-61)54-27-39-62(40-28-54)89(81,82)63-41-29-55(30-42-63)56-31-43-64(44-32-56)90(83,86-71-47-35-59(75(7,8)9)51-67(71)79(19,20)21)87-72-48-36-60(76(10,11)12)52-68(72)80(22,23)24/h25-52H,1-24H3,(H,81,82)/p-1. The second kappa shape index (κ2) is 25.0. The number of benzene rings is 8. The SMILES string of the molecule is CC(C)(C)c1ccc(OP(Oc2ccc(C(C)(C)C)cc2C(C)(C)C)c2ccc(-c3ccc(P(=O)([O-])c4ccc(-c5ccc(P(=O)(Oc6ccc(C(C)(C)C)cc6C(C)(C)C)Oc6ccc(C(C)(C)C)cc6C(C)(C)C)cc5)cc4)cc3)cc2)c(C(C)(C)C)c1. The van der Waals surface area contributed by atoms with Crippen LogP contribution in [0.3, 0.4) is 0 Å². The molecule has 10 heteroatoms. The van der Waals surface area contributed by atoms with Gasteiger partial charge in [-0.05, 0) is 136 Å². The van der Waals surface area contributed by atoms with Crippen molar-refractivity contribution in [3.8, 4) is 45.3 Å². The minimum atomic E-state index is -4.27. The number of hydrogen-bond donors (Lipinski definition) is 0. The summed E-state index contributed by atoms with van der Waals surface area (Å²) in [5.41, 5.74) is 10.8. The molecule has 1 unspecified atom stereocenters. The zero-order valence-corrected chi connectivity index (χ0v) is 61.0. The molecule has 90 heavy (non-hydrogen) atoms. The Hall–Kier alpha value is -6.19. The van der Waals surface area contributed by atoms with Gasteiger partial charge in [-0.1, -0.05) is 287 Å². The molecule has 0 saturated heterocycles. The molecule has 0 amide bonds. The normalized spacial score (nSPS) is 13.9. The van der Waals surface area contributed by atoms with Gasteiger partial charge in [0.05, 0.1) is 18.0 Å². The summed E-state index contributed by atoms with van der Waals surface area (Å²) in [4.78, 5) is 14.4. The second-order valence-corrected chi connectivity index (χ2v) is 38.1. The van der Waals surface area contributed by atoms with Crippen molar-refractivity contribution in [1.29, 1.82) is 0 Å². The van der Waals surface area contributed by atoms with Crippen LogP contribution in [0.25, 0.3) is 22.3 Å². The van der Waals surface area contributed by atoms with Gasteiger partial charge in [-0.2, -0.15) is 0 Å². The highest BCUT2D eigenvalue weighted by Gasteiger charge is 2.37. The molecule has 0 aliphatic rings. The average Bonchev–Trinajstić information content (AvgIpc) is 1.24. The quantitative estimate of drug-likeness (QED) is 0.100. The summed E-state index contributed by atoms with van der Waals surface area (Å²) >= 11 is 0. The third-order valence-corrected chi connectivity index (χ3v) is 22.0. The van der Waals surface area contributed by atoms with E-state index in [0.29, 0.717) is 16.8 Å². The third-order valence-electron chi connectivity index (χ3n) is 16.8. The molecule has 0 aliphatic heterocycles. The molecule has 0 spiro atoms. The van der Waals surface area contributed by atoms with Crippen molar-refractivity contribution in [1.82, 2.24) is 0 Å². The van der Waals surface area contributed by atoms with Crippen molar-refractivity contribution in [2.24, 2.45) is 0 Å². The Labute approximate surface area is 542 Å². The van der Waals surface area contributed by atoms with E-state index in [4.69, 9.17) is 18.1 Å². The molecule has 478 valence electrons. The van der Waals surface area contributed by atoms with Crippen LogP contribution < -0.4 is 44.2 Å². The zero-order chi connectivity index (χ0) is 66.8. The Morgan fingerprint density at radius 3 is 0.778 bits per heavy atom. The maximum absolute atomic E-state index is 15.9. The summed E-state index contributed by atoms with van der Waals surface area (Å²) in [7, 11) is -10.1. The van der Waals surface area contributed by atoms with Gasteiger partial charge < -0.3 is 27.6 Å². The molecule has 7 nitrogen and oxygen atoms in total. The van der Waals surface area contributed by atoms with Gasteiger partial charge in [-0.15, -0.1) is 0 Å². The van der Waals surface area contributed by atoms with Crippen LogP contribution in [-0.2, 0) is 52.5 Å². The largest absolute Gasteiger partial charge is 0.793 e. The van der Waals surface area contributed by atoms with Crippen LogP contribution >= 0.6 is 23.3 Å². The van der Waals surface area contributed by atoms with Gasteiger partial charge in [0.25, 0.3) is 0 Å². The van der Waals surface area contributed by atoms with Gasteiger partial charge in [-0.25, -0.2) is 4.57 Å². The molecular weight excluding hydrogens is 1170 g/mol. The lowest BCUT2D eigenvalue weighted by Crippen LogP contribution is -2.24. The first-order valence-electron chi connectivity index (χ1n) is 31.7. The summed E-state index contributed by atoms with van der Waals surface area (Å²) in [5.74, 6) is 2.57. The van der Waals surface area contributed by atoms with Crippen LogP contribution in [0.4, 0.5) is 0 Å². The molecule has 0 saturated carbocycles. The Bertz CT molecular complexity index is 3790. The predicted molar refractivity (Wildman–Crippen MR) is 382 cm³/mol. The fourth-order valence-electron chi connectivity index (χ4n) is 10.8. The van der Waals surface area contributed by atoms with E-state index in [0.717, 1.165) is 72.4 Å². The predicted octanol–water partition coefficient (Wildman–Crippen LogP) is 21.1. The highest BCUT2D eigenvalue weighted by Crippen LogP contribution is 2.53. The van der Waals surface area contributed by atoms with Crippen LogP contribution in [0.5, 0.6) is 23.0 Å². The topological polar surface area (TPSA) is 94.1 Å². The van der Waals surface area contributed by atoms with E-state index in [2.05, 4.69) is 239 Å². The minimum absolute atomic E-state index is 0.0428. The zero-order valence-electron chi connectivity index (χ0n) is 58.4. The fourth-order valence-corrected chi connectivity index (χ4v) is 15.1. The lowest BCUT2D eigenvalue weighted by atomic mass is 9.80. The van der Waals surface area contributed by atoms with Crippen molar-refractivity contribution < 1.29 is 32.1 Å². The summed E-state index contributed by atoms with van der Waals surface area (Å²) in [6.45, 7) is 52.6. The monoisotopic (exact) mass is 1270 g/mol. The van der Waals surface area contributed by atoms with E-state index >= 15 is 4.57 Å². The van der Waals surface area contributed by atoms with Crippen LogP contribution in [-0.4, -0.2) is 0 Å². The Kier molecular flexibility index (Phi) is 19.4. The summed E-state index contributed by atoms with van der Waals surface area (Å²) < 4.78 is 58.1. The van der Waals surface area contributed by atoms with Crippen LogP contribution in [0.15, 0.2) is 170 Å². The van der Waals surface area contributed by atoms with E-state index in [-0.39, 0.29) is 53.9 Å². The van der Waals surface area contributed by atoms with Crippen LogP contribution in [0.1, 0.15) is 211 Å². The maximum atomic E-state index is 15.9. The molecule has 8 aromatic rings. The molecular formula is C80H100O7P3-. The molecule has 0 radical (unpaired) electrons. The first-order valence-corrected chi connectivity index (χ1v) is 36.1. The molecule has 8 rings (SSSR count). The van der Waals surface area contributed by atoms with Gasteiger partial charge in [0, 0.05) is 32.9 Å². The molecule has 0 aromatic heterocycles. The van der Waals surface area contributed by atoms with Crippen molar-refractivity contribution in [3.63, 3.8) is 0 Å². The smallest absolute Gasteiger partial charge is 0.462 e. The van der Waals surface area contributed by atoms with Crippen molar-refractivity contribution in [3.05, 3.63) is 214 Å². The van der Waals surface area contributed by atoms with Gasteiger partial charge in [0.1, 0.15) is 23.0 Å². The first kappa shape index (κ1) is 69.7. The molecule has 0 bridgehead atoms. The number of rotatable bonds is 14. The van der Waals surface area contributed by atoms with Crippen molar-refractivity contribution >= 4 is 44.6 Å². The molecule has 1 atom stereocenters. The van der Waals surface area contributed by atoms with Crippen molar-refractivity contribution in [2.75, 3.05) is 0 Å². The van der Waals surface area contributed by atoms with E-state index in [9.17, 15) is 9.46 Å². The first-order chi connectivity index (χ1) is 41.2. The van der Waals surface area contributed by atoms with E-state index in [1.54, 1.807) is 36.4 Å². The lowest BCUT2D eigenvalue weighted by Gasteiger charge is -2.31. The van der Waals surface area contributed by atoms with Gasteiger partial charge >= 0.3 is 16.0 Å². The van der Waals surface area contributed by atoms with Crippen LogP contribution in [0.2, 0.25) is 0 Å². The molecule has 0 N–H and O–H groups in total. The molecule has 0 aliphatic carbocycles. The fraction of sp³-hybridized carbons (Fsp3) is 0.400. The maximum Gasteiger partial charge on any atom is 0.462 e. The lowest BCUT2D eigenvalue weighted by molar-refractivity contribution is -0.167. The highest BCUT2D eigenvalue weighted by atomic mass is 31.2. The third kappa shape index (κ3) is 16.2. The minimum Gasteiger partial charge on any atom is -0.793 e. The van der Waals surface area contributed by atoms with Crippen LogP contribution in [0, 0.1) is 0 Å². The summed E-state index contributed by atoms with van der Waals surface area (Å²) in [6.07, 6.45) is 0. The Morgan fingerprint density at radius 2 is 0.522 bits per heavy atom. The average molecular weight is 1270 g/mol. The summed E-state index contributed by atoms with van der Waals surface area (Å²) in [6, 6.07) is 55.0. The van der Waals surface area contributed by atoms with E-state index < -0.39 is 23.3 Å². The molecule has 0 heterocycles. The highest BCUT2D eigenvalue weighted by molar-refractivity contribution is 7.72. The number of hydrogen-bond acceptors (Lipinski definition) is 7. The van der Waals surface area contributed by atoms with Gasteiger partial charge in [0.2, 0.25) is 0 Å². The molecule has 8 aromatic carbocycles. The Morgan fingerprint density at radius 1 is 0.289 bits per heavy atom. The van der Waals surface area contributed by atoms with Gasteiger partial charge in [0.15, 0.2) is 0 Å².